The van der Waals surface area contributed by atoms with Crippen LogP contribution in [0.3, 0.4) is 0 Å². The van der Waals surface area contributed by atoms with E-state index >= 15 is 8.78 Å². The van der Waals surface area contributed by atoms with Gasteiger partial charge in [0.25, 0.3) is 0 Å². The highest BCUT2D eigenvalue weighted by Gasteiger charge is 2.77. The normalized spacial score (nSPS) is 47.6. The molecule has 6 unspecified atom stereocenters. The van der Waals surface area contributed by atoms with Crippen molar-refractivity contribution in [3.05, 3.63) is 23.8 Å². The molecule has 3 fully saturated rings. The monoisotopic (exact) mass is 512 g/mol. The summed E-state index contributed by atoms with van der Waals surface area (Å²) in [6, 6.07) is 0. The molecule has 0 aromatic rings. The van der Waals surface area contributed by atoms with Gasteiger partial charge in [0.1, 0.15) is 6.17 Å². The molecule has 4 aliphatic rings. The maximum atomic E-state index is 17.3. The van der Waals surface area contributed by atoms with Crippen LogP contribution in [-0.2, 0) is 19.1 Å². The van der Waals surface area contributed by atoms with Crippen molar-refractivity contribution < 1.29 is 33.0 Å². The fourth-order valence-corrected chi connectivity index (χ4v) is 8.91. The lowest BCUT2D eigenvalue weighted by molar-refractivity contribution is -0.228. The molecule has 0 aromatic heterocycles. The Morgan fingerprint density at radius 1 is 1.32 bits per heavy atom. The fourth-order valence-electron chi connectivity index (χ4n) is 7.68. The number of fused-ring (bicyclic) bond motifs is 5. The van der Waals surface area contributed by atoms with Crippen LogP contribution in [0.2, 0.25) is 0 Å². The average Bonchev–Trinajstić information content (AvgIpc) is 2.99. The molecule has 9 heteroatoms. The summed E-state index contributed by atoms with van der Waals surface area (Å²) in [6.45, 7) is 6.73. The van der Waals surface area contributed by atoms with Crippen LogP contribution in [0.5, 0.6) is 0 Å². The number of aliphatic hydroxyl groups is 1. The Morgan fingerprint density at radius 3 is 2.62 bits per heavy atom. The number of alkyl halides is 2. The van der Waals surface area contributed by atoms with Crippen LogP contribution in [-0.4, -0.2) is 51.0 Å². The van der Waals surface area contributed by atoms with Crippen molar-refractivity contribution >= 4 is 43.2 Å². The van der Waals surface area contributed by atoms with Gasteiger partial charge in [-0.25, -0.2) is 8.78 Å². The number of ketones is 1. The summed E-state index contributed by atoms with van der Waals surface area (Å²) >= 11 is 4.94. The number of rotatable bonds is 5. The maximum Gasteiger partial charge on any atom is 0.306 e. The number of thiocarbonyl (C=S) groups is 1. The van der Waals surface area contributed by atoms with Gasteiger partial charge in [-0.2, -0.15) is 0 Å². The first-order valence-electron chi connectivity index (χ1n) is 11.8. The standard InChI is InChI=1S/C25H31F2O5PS/c1-5-20(30)32-25(21(31)33-12-34)13(2)8-15-16-10-18(26)17-9-14(28)6-7-22(17,3)24(16,27)19(29)11-23(15,25)4/h6-7,9,12-13,15-16,18-19,29,33H,5,8,10-11H2,1-4H3/t13?,15?,16?,18-,19-,22?,23?,24-,25-/m0/s1. The van der Waals surface area contributed by atoms with Crippen molar-refractivity contribution in [1.29, 1.82) is 0 Å². The Hall–Kier alpha value is -1.37. The minimum atomic E-state index is -2.25. The molecular weight excluding hydrogens is 481 g/mol. The van der Waals surface area contributed by atoms with Crippen LogP contribution in [0.4, 0.5) is 8.78 Å². The van der Waals surface area contributed by atoms with E-state index in [0.717, 1.165) is 6.08 Å². The van der Waals surface area contributed by atoms with Crippen LogP contribution >= 0.6 is 20.8 Å². The van der Waals surface area contributed by atoms with Crippen LogP contribution in [0.15, 0.2) is 23.8 Å². The number of hydrogen-bond donors (Lipinski definition) is 1. The molecule has 186 valence electrons. The highest BCUT2D eigenvalue weighted by Crippen LogP contribution is 2.72. The van der Waals surface area contributed by atoms with E-state index in [9.17, 15) is 19.5 Å². The Kier molecular flexibility index (Phi) is 6.31. The van der Waals surface area contributed by atoms with Crippen LogP contribution in [0.1, 0.15) is 53.4 Å². The van der Waals surface area contributed by atoms with Gasteiger partial charge in [0.05, 0.1) is 6.10 Å². The van der Waals surface area contributed by atoms with Crippen molar-refractivity contribution in [2.45, 2.75) is 76.9 Å². The largest absolute Gasteiger partial charge is 0.450 e. The average molecular weight is 513 g/mol. The molecule has 0 amide bonds. The zero-order valence-corrected chi connectivity index (χ0v) is 21.6. The Labute approximate surface area is 205 Å². The third kappa shape index (κ3) is 3.07. The summed E-state index contributed by atoms with van der Waals surface area (Å²) in [6.07, 6.45) is 0.680. The predicted molar refractivity (Wildman–Crippen MR) is 129 cm³/mol. The fraction of sp³-hybridized carbons (Fsp3) is 0.680. The lowest BCUT2D eigenvalue weighted by Crippen LogP contribution is -2.70. The first-order chi connectivity index (χ1) is 15.8. The molecular formula is C25H31F2O5PS. The second kappa shape index (κ2) is 8.35. The van der Waals surface area contributed by atoms with E-state index < -0.39 is 72.5 Å². The third-order valence-corrected chi connectivity index (χ3v) is 10.4. The highest BCUT2D eigenvalue weighted by atomic mass is 32.1. The number of esters is 1. The number of aliphatic hydroxyl groups excluding tert-OH is 1. The van der Waals surface area contributed by atoms with Crippen LogP contribution in [0.25, 0.3) is 0 Å². The van der Waals surface area contributed by atoms with Gasteiger partial charge in [0.15, 0.2) is 22.6 Å². The van der Waals surface area contributed by atoms with E-state index in [2.05, 4.69) is 0 Å². The molecule has 0 aliphatic heterocycles. The second-order valence-electron chi connectivity index (χ2n) is 10.7. The van der Waals surface area contributed by atoms with Gasteiger partial charge < -0.3 is 9.84 Å². The van der Waals surface area contributed by atoms with Gasteiger partial charge in [0, 0.05) is 34.2 Å². The van der Waals surface area contributed by atoms with E-state index in [-0.39, 0.29) is 30.4 Å². The SMILES string of the molecule is CCC(=O)O[C@]1(C(=O)PC=S)C(C)CC2C3C[C@H](F)C4=CC(=O)C=CC4(C)[C@@]3(F)[C@@H](O)CC21C. The highest BCUT2D eigenvalue weighted by molar-refractivity contribution is 7.95. The summed E-state index contributed by atoms with van der Waals surface area (Å²) < 4.78 is 38.7. The first kappa shape index (κ1) is 25.7. The number of allylic oxidation sites excluding steroid dienone is 4. The molecule has 0 aromatic carbocycles. The van der Waals surface area contributed by atoms with E-state index in [1.54, 1.807) is 20.8 Å². The Balaban J connectivity index is 1.88. The van der Waals surface area contributed by atoms with Gasteiger partial charge in [-0.1, -0.05) is 39.1 Å². The van der Waals surface area contributed by atoms with E-state index in [0.29, 0.717) is 6.42 Å². The van der Waals surface area contributed by atoms with Crippen molar-refractivity contribution in [2.75, 3.05) is 0 Å². The Bertz CT molecular complexity index is 1020. The maximum absolute atomic E-state index is 17.3. The van der Waals surface area contributed by atoms with Crippen molar-refractivity contribution in [3.63, 3.8) is 0 Å². The molecule has 10 atom stereocenters. The van der Waals surface area contributed by atoms with Crippen LogP contribution < -0.4 is 0 Å². The number of carbonyl (C=O) groups is 3. The van der Waals surface area contributed by atoms with E-state index in [4.69, 9.17) is 17.0 Å². The van der Waals surface area contributed by atoms with E-state index in [1.807, 2.05) is 0 Å². The molecule has 0 saturated heterocycles. The summed E-state index contributed by atoms with van der Waals surface area (Å²) in [7, 11) is -0.397. The first-order valence-corrected chi connectivity index (χ1v) is 13.3. The number of hydrogen-bond acceptors (Lipinski definition) is 6. The van der Waals surface area contributed by atoms with Gasteiger partial charge in [-0.3, -0.25) is 14.4 Å². The molecule has 3 saturated carbocycles. The second-order valence-corrected chi connectivity index (χ2v) is 12.3. The lowest BCUT2D eigenvalue weighted by Gasteiger charge is -2.63. The van der Waals surface area contributed by atoms with Crippen LogP contribution in [0, 0.1) is 28.6 Å². The molecule has 5 nitrogen and oxygen atoms in total. The van der Waals surface area contributed by atoms with Crippen molar-refractivity contribution in [2.24, 2.45) is 28.6 Å². The van der Waals surface area contributed by atoms with Crippen molar-refractivity contribution in [3.8, 4) is 0 Å². The quantitative estimate of drug-likeness (QED) is 0.334. The summed E-state index contributed by atoms with van der Waals surface area (Å²) in [5.74, 6) is -2.89. The molecule has 4 rings (SSSR count). The smallest absolute Gasteiger partial charge is 0.306 e. The third-order valence-electron chi connectivity index (χ3n) is 9.26. The molecule has 34 heavy (non-hydrogen) atoms. The summed E-state index contributed by atoms with van der Waals surface area (Å²) in [5.41, 5.74) is -6.73. The Morgan fingerprint density at radius 2 is 2.00 bits per heavy atom. The van der Waals surface area contributed by atoms with Crippen molar-refractivity contribution in [1.82, 2.24) is 0 Å². The number of halogens is 2. The minimum absolute atomic E-state index is 0.0504. The van der Waals surface area contributed by atoms with Gasteiger partial charge in [-0.05, 0) is 58.4 Å². The molecule has 0 spiro atoms. The zero-order chi connectivity index (χ0) is 25.3. The molecule has 4 aliphatic carbocycles. The minimum Gasteiger partial charge on any atom is -0.450 e. The zero-order valence-electron chi connectivity index (χ0n) is 19.8. The summed E-state index contributed by atoms with van der Waals surface area (Å²) in [5, 5.41) is 12.7. The predicted octanol–water partition coefficient (Wildman–Crippen LogP) is 4.41. The molecule has 1 N–H and O–H groups in total. The van der Waals surface area contributed by atoms with E-state index in [1.165, 1.54) is 24.2 Å². The topological polar surface area (TPSA) is 80.7 Å². The van der Waals surface area contributed by atoms with Gasteiger partial charge in [-0.15, -0.1) is 0 Å². The molecule has 0 heterocycles. The summed E-state index contributed by atoms with van der Waals surface area (Å²) in [4.78, 5) is 38.1. The molecule has 0 radical (unpaired) electrons. The lowest BCUT2D eigenvalue weighted by atomic mass is 9.44. The van der Waals surface area contributed by atoms with Gasteiger partial charge >= 0.3 is 5.97 Å². The number of ether oxygens (including phenoxy) is 1. The number of carbonyl (C=O) groups excluding carboxylic acids is 3. The molecule has 0 bridgehead atoms. The van der Waals surface area contributed by atoms with Gasteiger partial charge in [0.2, 0.25) is 0 Å².